The van der Waals surface area contributed by atoms with Crippen molar-refractivity contribution in [1.82, 2.24) is 24.6 Å². The third-order valence-corrected chi connectivity index (χ3v) is 7.45. The lowest BCUT2D eigenvalue weighted by molar-refractivity contribution is -0.182. The van der Waals surface area contributed by atoms with Gasteiger partial charge in [-0.3, -0.25) is 9.47 Å². The molecule has 1 atom stereocenters. The molecule has 2 aromatic heterocycles. The number of alkyl halides is 3. The van der Waals surface area contributed by atoms with Crippen LogP contribution in [0.3, 0.4) is 0 Å². The molecule has 3 aliphatic rings. The van der Waals surface area contributed by atoms with Crippen LogP contribution in [-0.4, -0.2) is 63.0 Å². The molecule has 13 heteroatoms. The minimum atomic E-state index is -4.39. The Hall–Kier alpha value is -2.99. The number of anilines is 2. The van der Waals surface area contributed by atoms with E-state index in [9.17, 15) is 22.0 Å². The zero-order valence-corrected chi connectivity index (χ0v) is 19.9. The molecule has 3 aromatic rings. The summed E-state index contributed by atoms with van der Waals surface area (Å²) in [7, 11) is 0. The van der Waals surface area contributed by atoms with Crippen molar-refractivity contribution >= 4 is 23.4 Å². The van der Waals surface area contributed by atoms with Gasteiger partial charge >= 0.3 is 6.18 Å². The van der Waals surface area contributed by atoms with Gasteiger partial charge in [0.1, 0.15) is 11.9 Å². The summed E-state index contributed by atoms with van der Waals surface area (Å²) >= 11 is 6.19. The fourth-order valence-electron chi connectivity index (χ4n) is 5.36. The zero-order valence-electron chi connectivity index (χ0n) is 19.1. The van der Waals surface area contributed by atoms with Crippen molar-refractivity contribution in [1.29, 1.82) is 0 Å². The molecule has 6 rings (SSSR count). The van der Waals surface area contributed by atoms with Crippen LogP contribution in [0.2, 0.25) is 5.02 Å². The van der Waals surface area contributed by atoms with Crippen LogP contribution in [0.5, 0.6) is 0 Å². The Kier molecular flexibility index (Phi) is 5.21. The molecule has 0 N–H and O–H groups in total. The number of benzene rings is 1. The van der Waals surface area contributed by atoms with Crippen LogP contribution in [-0.2, 0) is 13.1 Å². The Labute approximate surface area is 208 Å². The van der Waals surface area contributed by atoms with E-state index in [1.54, 1.807) is 27.7 Å². The highest BCUT2D eigenvalue weighted by Crippen LogP contribution is 2.44. The second kappa shape index (κ2) is 8.01. The molecule has 3 aliphatic heterocycles. The van der Waals surface area contributed by atoms with Crippen molar-refractivity contribution in [3.63, 3.8) is 0 Å². The first-order valence-electron chi connectivity index (χ1n) is 11.4. The van der Waals surface area contributed by atoms with Crippen LogP contribution in [0.1, 0.15) is 18.3 Å². The molecule has 0 radical (unpaired) electrons. The van der Waals surface area contributed by atoms with Crippen LogP contribution in [0.4, 0.5) is 33.7 Å². The van der Waals surface area contributed by atoms with Gasteiger partial charge < -0.3 is 9.80 Å². The highest BCUT2D eigenvalue weighted by atomic mass is 35.5. The highest BCUT2D eigenvalue weighted by molar-refractivity contribution is 6.30. The molecule has 190 valence electrons. The second-order valence-electron chi connectivity index (χ2n) is 9.82. The quantitative estimate of drug-likeness (QED) is 0.478. The average Bonchev–Trinajstić information content (AvgIpc) is 3.07. The van der Waals surface area contributed by atoms with Gasteiger partial charge in [0.15, 0.2) is 17.5 Å². The number of fused-ring (bicyclic) bond motifs is 3. The number of aromatic nitrogens is 4. The predicted octanol–water partition coefficient (Wildman–Crippen LogP) is 4.19. The summed E-state index contributed by atoms with van der Waals surface area (Å²) in [6, 6.07) is 4.29. The summed E-state index contributed by atoms with van der Waals surface area (Å²) in [5, 5.41) is 9.02. The molecule has 1 unspecified atom stereocenters. The number of pyridine rings is 1. The lowest BCUT2D eigenvalue weighted by Gasteiger charge is -2.60. The molecule has 7 nitrogen and oxygen atoms in total. The van der Waals surface area contributed by atoms with Crippen LogP contribution in [0.25, 0.3) is 5.69 Å². The number of hydrogen-bond donors (Lipinski definition) is 0. The maximum Gasteiger partial charge on any atom is 0.403 e. The normalized spacial score (nSPS) is 19.9. The number of hydrogen-bond acceptors (Lipinski definition) is 6. The maximum atomic E-state index is 14.1. The van der Waals surface area contributed by atoms with Gasteiger partial charge in [-0.25, -0.2) is 13.8 Å². The van der Waals surface area contributed by atoms with E-state index < -0.39 is 23.9 Å². The van der Waals surface area contributed by atoms with Crippen LogP contribution >= 0.6 is 11.6 Å². The summed E-state index contributed by atoms with van der Waals surface area (Å²) in [6.45, 7) is 3.53. The van der Waals surface area contributed by atoms with E-state index in [1.165, 1.54) is 4.90 Å². The number of rotatable bonds is 3. The van der Waals surface area contributed by atoms with Crippen molar-refractivity contribution in [3.05, 3.63) is 58.5 Å². The van der Waals surface area contributed by atoms with Gasteiger partial charge in [-0.15, -0.1) is 10.2 Å². The van der Waals surface area contributed by atoms with Gasteiger partial charge in [0, 0.05) is 49.2 Å². The lowest BCUT2D eigenvalue weighted by atomic mass is 9.73. The smallest absolute Gasteiger partial charge is 0.353 e. The fourth-order valence-corrected chi connectivity index (χ4v) is 5.55. The van der Waals surface area contributed by atoms with E-state index >= 15 is 0 Å². The molecule has 2 fully saturated rings. The van der Waals surface area contributed by atoms with Crippen molar-refractivity contribution in [2.45, 2.75) is 32.2 Å². The highest BCUT2D eigenvalue weighted by Gasteiger charge is 2.54. The average molecular weight is 526 g/mol. The van der Waals surface area contributed by atoms with E-state index in [1.807, 2.05) is 4.90 Å². The van der Waals surface area contributed by atoms with Crippen LogP contribution in [0, 0.1) is 17.0 Å². The van der Waals surface area contributed by atoms with Crippen LogP contribution < -0.4 is 9.80 Å². The Morgan fingerprint density at radius 3 is 2.42 bits per heavy atom. The van der Waals surface area contributed by atoms with Gasteiger partial charge in [-0.1, -0.05) is 11.6 Å². The summed E-state index contributed by atoms with van der Waals surface area (Å²) < 4.78 is 69.7. The first-order chi connectivity index (χ1) is 17.0. The standard InChI is InChI=1S/C23H21ClF5N7/c1-13(23(27,28)29)33-7-14-4-15(24)2-3-18(14)36-19(8-33)31-32-21(36)35-11-22(12-35)9-34(10-22)20-17(26)5-16(25)6-30-20/h2-6,13H,7-12H2,1H3. The summed E-state index contributed by atoms with van der Waals surface area (Å²) in [4.78, 5) is 8.97. The van der Waals surface area contributed by atoms with Crippen molar-refractivity contribution in [2.75, 3.05) is 36.0 Å². The summed E-state index contributed by atoms with van der Waals surface area (Å²) in [6.07, 6.45) is -3.40. The van der Waals surface area contributed by atoms with E-state index in [2.05, 4.69) is 15.2 Å². The minimum absolute atomic E-state index is 0.0255. The lowest BCUT2D eigenvalue weighted by Crippen LogP contribution is -2.73. The fraction of sp³-hybridized carbons (Fsp3) is 0.435. The number of nitrogens with zero attached hydrogens (tertiary/aromatic N) is 7. The van der Waals surface area contributed by atoms with Crippen molar-refractivity contribution in [2.24, 2.45) is 5.41 Å². The van der Waals surface area contributed by atoms with E-state index in [4.69, 9.17) is 11.6 Å². The van der Waals surface area contributed by atoms with Gasteiger partial charge in [-0.05, 0) is 30.7 Å². The number of halogens is 6. The van der Waals surface area contributed by atoms with Gasteiger partial charge in [-0.2, -0.15) is 13.2 Å². The molecule has 0 aliphatic carbocycles. The minimum Gasteiger partial charge on any atom is -0.353 e. The largest absolute Gasteiger partial charge is 0.403 e. The summed E-state index contributed by atoms with van der Waals surface area (Å²) in [5.74, 6) is -0.335. The van der Waals surface area contributed by atoms with Gasteiger partial charge in [0.2, 0.25) is 5.95 Å². The maximum absolute atomic E-state index is 14.1. The van der Waals surface area contributed by atoms with Crippen molar-refractivity contribution in [3.8, 4) is 5.69 Å². The molecular weight excluding hydrogens is 505 g/mol. The first kappa shape index (κ1) is 23.4. The molecule has 1 spiro atoms. The van der Waals surface area contributed by atoms with E-state index in [0.29, 0.717) is 54.2 Å². The van der Waals surface area contributed by atoms with Gasteiger partial charge in [0.25, 0.3) is 0 Å². The molecule has 36 heavy (non-hydrogen) atoms. The molecule has 1 aromatic carbocycles. The molecule has 5 heterocycles. The monoisotopic (exact) mass is 525 g/mol. The van der Waals surface area contributed by atoms with Crippen molar-refractivity contribution < 1.29 is 22.0 Å². The van der Waals surface area contributed by atoms with Gasteiger partial charge in [0.05, 0.1) is 18.4 Å². The Morgan fingerprint density at radius 1 is 1.00 bits per heavy atom. The SMILES string of the molecule is CC(N1Cc2cc(Cl)ccc2-n2c(nnc2N2CC3(CN(c4ncc(F)cc4F)C3)C2)C1)C(F)(F)F. The molecule has 0 amide bonds. The molecule has 0 bridgehead atoms. The van der Waals surface area contributed by atoms with E-state index in [0.717, 1.165) is 19.2 Å². The molecule has 2 saturated heterocycles. The molecular formula is C23H21ClF5N7. The third-order valence-electron chi connectivity index (χ3n) is 7.21. The first-order valence-corrected chi connectivity index (χ1v) is 11.8. The summed E-state index contributed by atoms with van der Waals surface area (Å²) in [5.41, 5.74) is 1.25. The van der Waals surface area contributed by atoms with E-state index in [-0.39, 0.29) is 24.3 Å². The Bertz CT molecular complexity index is 1330. The predicted molar refractivity (Wildman–Crippen MR) is 122 cm³/mol. The Balaban J connectivity index is 1.25. The second-order valence-corrected chi connectivity index (χ2v) is 10.3. The molecule has 0 saturated carbocycles. The van der Waals surface area contributed by atoms with Crippen LogP contribution in [0.15, 0.2) is 30.5 Å². The third kappa shape index (κ3) is 3.78. The Morgan fingerprint density at radius 2 is 1.72 bits per heavy atom. The topological polar surface area (TPSA) is 53.3 Å². The zero-order chi connectivity index (χ0) is 25.4.